The Morgan fingerprint density at radius 3 is 1.10 bits per heavy atom. The largest absolute Gasteiger partial charge is 0.494 e. The lowest BCUT2D eigenvalue weighted by molar-refractivity contribution is 0.297. The number of hydrogen-bond donors (Lipinski definition) is 2. The van der Waals surface area contributed by atoms with E-state index < -0.39 is 0 Å². The minimum Gasteiger partial charge on any atom is -0.494 e. The maximum atomic E-state index is 6.77. The van der Waals surface area contributed by atoms with Gasteiger partial charge in [-0.05, 0) is 276 Å². The smallest absolute Gasteiger partial charge is 0.119 e. The van der Waals surface area contributed by atoms with Crippen LogP contribution in [-0.4, -0.2) is 46.4 Å². The van der Waals surface area contributed by atoms with E-state index in [1.807, 2.05) is 47.0 Å². The van der Waals surface area contributed by atoms with E-state index in [1.54, 1.807) is 0 Å². The molecule has 8 nitrogen and oxygen atoms in total. The topological polar surface area (TPSA) is 94.3 Å². The molecule has 0 radical (unpaired) electrons. The summed E-state index contributed by atoms with van der Waals surface area (Å²) in [5, 5.41) is 16.4. The van der Waals surface area contributed by atoms with Crippen molar-refractivity contribution in [2.45, 2.75) is 209 Å². The van der Waals surface area contributed by atoms with Gasteiger partial charge < -0.3 is 28.9 Å². The molecule has 10 aliphatic rings. The second-order valence-corrected chi connectivity index (χ2v) is 32.0. The van der Waals surface area contributed by atoms with Crippen LogP contribution in [0.5, 0.6) is 23.0 Å². The first-order chi connectivity index (χ1) is 49.1. The van der Waals surface area contributed by atoms with E-state index in [9.17, 15) is 0 Å². The fraction of sp³-hybridized carbons (Fsp3) is 0.409. The van der Waals surface area contributed by atoms with Crippen molar-refractivity contribution in [3.8, 4) is 45.3 Å². The van der Waals surface area contributed by atoms with Gasteiger partial charge in [-0.3, -0.25) is 0 Å². The fourth-order valence-electron chi connectivity index (χ4n) is 15.3. The van der Waals surface area contributed by atoms with Crippen LogP contribution in [0.1, 0.15) is 228 Å². The molecule has 10 aliphatic heterocycles. The lowest BCUT2D eigenvalue weighted by Crippen LogP contribution is -2.17. The van der Waals surface area contributed by atoms with Gasteiger partial charge in [0.15, 0.2) is 0 Å². The van der Waals surface area contributed by atoms with Gasteiger partial charge in [-0.1, -0.05) is 176 Å². The van der Waals surface area contributed by atoms with Gasteiger partial charge in [-0.25, -0.2) is 9.97 Å². The molecule has 12 heteroatoms. The molecule has 0 saturated carbocycles. The second-order valence-electron chi connectivity index (χ2n) is 27.8. The van der Waals surface area contributed by atoms with E-state index in [1.165, 1.54) is 97.8 Å². The molecule has 5 aromatic carbocycles. The number of aromatic amines is 2. The Balaban J connectivity index is 0.888. The molecule has 522 valence electrons. The maximum absolute atomic E-state index is 6.77. The quantitative estimate of drug-likeness (QED) is 0.115. The number of H-pyrrole nitrogens is 2. The molecule has 18 rings (SSSR count). The zero-order valence-corrected chi connectivity index (χ0v) is 63.8. The summed E-state index contributed by atoms with van der Waals surface area (Å²) >= 11 is 7.28. The molecule has 20 bridgehead atoms. The molecule has 0 amide bonds. The highest BCUT2D eigenvalue weighted by Crippen LogP contribution is 2.47. The van der Waals surface area contributed by atoms with Crippen LogP contribution in [0.25, 0.3) is 96.6 Å². The third-order valence-corrected chi connectivity index (χ3v) is 25.1. The Morgan fingerprint density at radius 1 is 0.380 bits per heavy atom. The number of ether oxygens (including phenoxy) is 4. The van der Waals surface area contributed by atoms with Gasteiger partial charge in [-0.15, -0.1) is 0 Å². The molecular formula is C88H102N4O4S4. The number of benzene rings is 5. The van der Waals surface area contributed by atoms with Gasteiger partial charge in [-0.2, -0.15) is 0 Å². The van der Waals surface area contributed by atoms with Gasteiger partial charge >= 0.3 is 0 Å². The Hall–Kier alpha value is -6.96. The number of allylic oxidation sites excluding steroid dienone is 4. The predicted molar refractivity (Wildman–Crippen MR) is 436 cm³/mol. The van der Waals surface area contributed by atoms with Crippen LogP contribution in [0.3, 0.4) is 0 Å². The first-order valence-corrected chi connectivity index (χ1v) is 41.3. The average Bonchev–Trinajstić information content (AvgIpc) is 1.12. The minimum absolute atomic E-state index is 0.664. The van der Waals surface area contributed by atoms with Crippen LogP contribution >= 0.6 is 47.0 Å². The highest BCUT2D eigenvalue weighted by Gasteiger charge is 2.28. The van der Waals surface area contributed by atoms with Crippen molar-refractivity contribution in [3.63, 3.8) is 0 Å². The summed E-state index contributed by atoms with van der Waals surface area (Å²) in [4.78, 5) is 20.2. The predicted octanol–water partition coefficient (Wildman–Crippen LogP) is 25.4. The zero-order valence-electron chi connectivity index (χ0n) is 60.5. The summed E-state index contributed by atoms with van der Waals surface area (Å²) < 4.78 is 29.4. The summed E-state index contributed by atoms with van der Waals surface area (Å²) in [6.07, 6.45) is 25.7. The molecule has 0 aliphatic carbocycles. The molecule has 0 spiro atoms. The number of aryl methyl sites for hydroxylation is 4. The number of nitrogens with zero attached hydrogens (tertiary/aromatic N) is 2. The van der Waals surface area contributed by atoms with E-state index in [2.05, 4.69) is 184 Å². The average molecular weight is 1410 g/mol. The van der Waals surface area contributed by atoms with Crippen LogP contribution < -0.4 is 29.4 Å². The highest BCUT2D eigenvalue weighted by molar-refractivity contribution is 8.35. The molecule has 0 unspecified atom stereocenters. The van der Waals surface area contributed by atoms with Crippen molar-refractivity contribution < 1.29 is 18.9 Å². The minimum atomic E-state index is 0.664. The molecule has 0 atom stereocenters. The van der Waals surface area contributed by atoms with Crippen LogP contribution in [-0.2, 0) is 12.8 Å². The number of nitrogens with one attached hydrogen (secondary N) is 2. The molecular weight excluding hydrogens is 1310 g/mol. The van der Waals surface area contributed by atoms with Crippen molar-refractivity contribution in [2.75, 3.05) is 26.4 Å². The van der Waals surface area contributed by atoms with E-state index in [0.717, 1.165) is 231 Å². The normalized spacial score (nSPS) is 16.2. The molecule has 13 heterocycles. The van der Waals surface area contributed by atoms with Crippen LogP contribution in [0.15, 0.2) is 119 Å². The van der Waals surface area contributed by atoms with E-state index in [4.69, 9.17) is 28.9 Å². The summed E-state index contributed by atoms with van der Waals surface area (Å²) in [6.45, 7) is 21.3. The fourth-order valence-corrected chi connectivity index (χ4v) is 19.1. The van der Waals surface area contributed by atoms with Gasteiger partial charge in [0.2, 0.25) is 0 Å². The zero-order chi connectivity index (χ0) is 68.9. The van der Waals surface area contributed by atoms with Crippen LogP contribution in [0.4, 0.5) is 0 Å². The van der Waals surface area contributed by atoms with Gasteiger partial charge in [0, 0.05) is 32.6 Å². The monoisotopic (exact) mass is 1410 g/mol. The Kier molecular flexibility index (Phi) is 24.5. The summed E-state index contributed by atoms with van der Waals surface area (Å²) in [6, 6.07) is 36.2. The van der Waals surface area contributed by atoms with Crippen LogP contribution in [0, 0.1) is 13.8 Å². The van der Waals surface area contributed by atoms with Crippen molar-refractivity contribution in [1.82, 2.24) is 19.9 Å². The molecule has 100 heavy (non-hydrogen) atoms. The first kappa shape index (κ1) is 71.4. The highest BCUT2D eigenvalue weighted by atomic mass is 32.2. The van der Waals surface area contributed by atoms with E-state index in [-0.39, 0.29) is 0 Å². The molecule has 0 saturated heterocycles. The summed E-state index contributed by atoms with van der Waals surface area (Å²) in [5.41, 5.74) is 23.6. The van der Waals surface area contributed by atoms with Crippen molar-refractivity contribution in [2.24, 2.45) is 0 Å². The Morgan fingerprint density at radius 2 is 0.730 bits per heavy atom. The summed E-state index contributed by atoms with van der Waals surface area (Å²) in [5.74, 6) is 3.64. The van der Waals surface area contributed by atoms with Gasteiger partial charge in [0.05, 0.1) is 68.7 Å². The van der Waals surface area contributed by atoms with Crippen molar-refractivity contribution in [3.05, 3.63) is 174 Å². The maximum Gasteiger partial charge on any atom is 0.119 e. The number of thioether (sulfide) groups is 4. The van der Waals surface area contributed by atoms with Gasteiger partial charge in [0.1, 0.15) is 23.0 Å². The number of aromatic nitrogens is 4. The first-order valence-electron chi connectivity index (χ1n) is 37.8. The second kappa shape index (κ2) is 34.3. The Labute approximate surface area is 611 Å². The Bertz CT molecular complexity index is 4440. The lowest BCUT2D eigenvalue weighted by atomic mass is 9.94. The van der Waals surface area contributed by atoms with Crippen molar-refractivity contribution >= 4 is 121 Å². The standard InChI is InChI=1S/C88H102N4O4S4/c1-9-13-35-67-57(5)83-79-61-31-29-33-63(51-61)93-43-25-21-17-19-23-27-45-95-65-39-41-71-73(53-65)81(87-97-47-48-98-87)72-42-40-66(54-74(72)82(71)88-99-49-50-100-88)96-46-28-24-20-18-22-26-44-94-64-34-30-32-62(52-64)80(85-58(6)68(36-14-10-2)76(90-85)55-75(67)89-83)86-60(8)70(38-16-12-4)78(92-86)56-77-69(37-15-11-3)59(7)84(79)91-77/h29-34,39-42,47-56,89,92H,9-28,35-38,43-46H2,1-8H3. The lowest BCUT2D eigenvalue weighted by Gasteiger charge is -2.14. The number of hydrogen-bond acceptors (Lipinski definition) is 10. The molecule has 3 aromatic heterocycles. The molecule has 2 N–H and O–H groups in total. The summed E-state index contributed by atoms with van der Waals surface area (Å²) in [7, 11) is 0. The SMILES string of the molecule is CCCCC1=C(C)c2nc1cc1[nH]c(c(C)c1CCCC)c1c3nc(cc4[nH]c(c(C)c4CCCC)c2-c2cccc(c2)OCCCCCCCCOc2ccc4c(=C5SC=CS5)c5cc(ccc5c(=C5SC=CS5)c4c2)OCCCCCCCCOc2cccc-1c2)C(CCCC)=C3C. The molecule has 0 fully saturated rings. The number of unbranched alkanes of at least 4 members (excludes halogenated alkanes) is 4. The van der Waals surface area contributed by atoms with E-state index in [0.29, 0.717) is 26.4 Å². The van der Waals surface area contributed by atoms with Crippen molar-refractivity contribution in [1.29, 1.82) is 0 Å². The third-order valence-electron chi connectivity index (χ3n) is 20.9. The number of rotatable bonds is 12. The van der Waals surface area contributed by atoms with Gasteiger partial charge in [0.25, 0.3) is 0 Å². The van der Waals surface area contributed by atoms with Crippen LogP contribution in [0.2, 0.25) is 0 Å². The molecule has 8 aromatic rings. The van der Waals surface area contributed by atoms with E-state index >= 15 is 0 Å². The third kappa shape index (κ3) is 16.0.